The number of aromatic hydroxyl groups is 1. The minimum absolute atomic E-state index is 0.0257. The van der Waals surface area contributed by atoms with Crippen LogP contribution in [0.15, 0.2) is 66.1 Å². The van der Waals surface area contributed by atoms with Crippen LogP contribution in [0.25, 0.3) is 0 Å². The van der Waals surface area contributed by atoms with E-state index < -0.39 is 6.04 Å². The molecule has 3 aromatic rings. The molecule has 29 heavy (non-hydrogen) atoms. The molecule has 0 fully saturated rings. The Morgan fingerprint density at radius 2 is 1.97 bits per heavy atom. The predicted molar refractivity (Wildman–Crippen MR) is 107 cm³/mol. The molecule has 146 valence electrons. The van der Waals surface area contributed by atoms with Gasteiger partial charge < -0.3 is 15.2 Å². The molecular formula is C22H20N4O3. The second kappa shape index (κ2) is 6.77. The molecule has 7 heteroatoms. The summed E-state index contributed by atoms with van der Waals surface area (Å²) in [4.78, 5) is 17.6. The van der Waals surface area contributed by atoms with Gasteiger partial charge >= 0.3 is 0 Å². The standard InChI is InChI=1S/C22H20N4O3/c1-29-19-8-7-14(10-17(19)27)21-20-16(25-22-23-12-24-26(21)22)9-15(11-18(20)28)13-5-3-2-4-6-13/h2-8,10,12,15,21,27H,9,11H2,1H3,(H,23,24,25)/t15-,21-/m1/s1. The third kappa shape index (κ3) is 2.86. The van der Waals surface area contributed by atoms with Gasteiger partial charge in [-0.25, -0.2) is 4.68 Å². The Labute approximate surface area is 167 Å². The molecule has 2 heterocycles. The van der Waals surface area contributed by atoms with Crippen LogP contribution in [0.3, 0.4) is 0 Å². The zero-order valence-corrected chi connectivity index (χ0v) is 15.9. The molecule has 1 aliphatic heterocycles. The van der Waals surface area contributed by atoms with Crippen molar-refractivity contribution in [1.29, 1.82) is 0 Å². The van der Waals surface area contributed by atoms with E-state index in [1.165, 1.54) is 13.4 Å². The van der Waals surface area contributed by atoms with Crippen LogP contribution in [0, 0.1) is 0 Å². The summed E-state index contributed by atoms with van der Waals surface area (Å²) in [5, 5.41) is 17.9. The highest BCUT2D eigenvalue weighted by atomic mass is 16.5. The lowest BCUT2D eigenvalue weighted by atomic mass is 9.78. The first-order valence-electron chi connectivity index (χ1n) is 9.50. The molecule has 5 rings (SSSR count). The summed E-state index contributed by atoms with van der Waals surface area (Å²) in [5.74, 6) is 1.20. The van der Waals surface area contributed by atoms with Crippen LogP contribution in [0.4, 0.5) is 5.95 Å². The molecule has 2 aromatic carbocycles. The minimum Gasteiger partial charge on any atom is -0.504 e. The number of benzene rings is 2. The van der Waals surface area contributed by atoms with Gasteiger partial charge in [0.2, 0.25) is 5.95 Å². The van der Waals surface area contributed by atoms with Gasteiger partial charge in [-0.3, -0.25) is 4.79 Å². The number of phenols is 1. The van der Waals surface area contributed by atoms with Crippen molar-refractivity contribution in [2.75, 3.05) is 12.4 Å². The van der Waals surface area contributed by atoms with Crippen LogP contribution >= 0.6 is 0 Å². The van der Waals surface area contributed by atoms with E-state index in [1.807, 2.05) is 24.3 Å². The summed E-state index contributed by atoms with van der Waals surface area (Å²) < 4.78 is 6.85. The lowest BCUT2D eigenvalue weighted by Crippen LogP contribution is -2.33. The van der Waals surface area contributed by atoms with Crippen LogP contribution in [-0.4, -0.2) is 32.8 Å². The number of ether oxygens (including phenoxy) is 1. The molecular weight excluding hydrogens is 368 g/mol. The third-order valence-electron chi connectivity index (χ3n) is 5.65. The monoisotopic (exact) mass is 388 g/mol. The molecule has 0 unspecified atom stereocenters. The van der Waals surface area contributed by atoms with Gasteiger partial charge in [0.25, 0.3) is 0 Å². The number of carbonyl (C=O) groups excluding carboxylic acids is 1. The average molecular weight is 388 g/mol. The molecule has 1 aliphatic carbocycles. The van der Waals surface area contributed by atoms with Crippen molar-refractivity contribution in [3.05, 3.63) is 77.3 Å². The van der Waals surface area contributed by atoms with Crippen molar-refractivity contribution >= 4 is 11.7 Å². The number of carbonyl (C=O) groups is 1. The predicted octanol–water partition coefficient (Wildman–Crippen LogP) is 3.41. The first kappa shape index (κ1) is 17.5. The number of rotatable bonds is 3. The van der Waals surface area contributed by atoms with Crippen LogP contribution in [0.2, 0.25) is 0 Å². The smallest absolute Gasteiger partial charge is 0.226 e. The van der Waals surface area contributed by atoms with E-state index in [0.29, 0.717) is 23.7 Å². The van der Waals surface area contributed by atoms with E-state index >= 15 is 0 Å². The summed E-state index contributed by atoms with van der Waals surface area (Å²) in [6.45, 7) is 0. The first-order chi connectivity index (χ1) is 14.2. The lowest BCUT2D eigenvalue weighted by molar-refractivity contribution is -0.116. The zero-order valence-electron chi connectivity index (χ0n) is 15.9. The summed E-state index contributed by atoms with van der Waals surface area (Å²) in [6.07, 6.45) is 2.63. The number of hydrogen-bond donors (Lipinski definition) is 2. The van der Waals surface area contributed by atoms with Crippen LogP contribution in [0.1, 0.15) is 35.9 Å². The van der Waals surface area contributed by atoms with E-state index in [0.717, 1.165) is 23.2 Å². The Balaban J connectivity index is 1.60. The number of nitrogens with one attached hydrogen (secondary N) is 1. The Hall–Kier alpha value is -3.61. The number of fused-ring (bicyclic) bond motifs is 1. The number of allylic oxidation sites excluding steroid dienone is 2. The van der Waals surface area contributed by atoms with E-state index in [2.05, 4.69) is 27.5 Å². The normalized spacial score (nSPS) is 20.7. The highest BCUT2D eigenvalue weighted by molar-refractivity contribution is 6.00. The summed E-state index contributed by atoms with van der Waals surface area (Å²) >= 11 is 0. The summed E-state index contributed by atoms with van der Waals surface area (Å²) in [5.41, 5.74) is 3.46. The molecule has 2 atom stereocenters. The third-order valence-corrected chi connectivity index (χ3v) is 5.65. The number of nitrogens with zero attached hydrogens (tertiary/aromatic N) is 3. The lowest BCUT2D eigenvalue weighted by Gasteiger charge is -2.35. The number of ketones is 1. The van der Waals surface area contributed by atoms with Gasteiger partial charge in [-0.15, -0.1) is 0 Å². The molecule has 0 bridgehead atoms. The largest absolute Gasteiger partial charge is 0.504 e. The van der Waals surface area contributed by atoms with Gasteiger partial charge in [0.1, 0.15) is 12.4 Å². The van der Waals surface area contributed by atoms with Gasteiger partial charge in [0.15, 0.2) is 17.3 Å². The van der Waals surface area contributed by atoms with Crippen molar-refractivity contribution in [2.45, 2.75) is 24.8 Å². The number of Topliss-reactive ketones (excluding diaryl/α,β-unsaturated/α-hetero) is 1. The number of aromatic nitrogens is 3. The van der Waals surface area contributed by atoms with E-state index in [-0.39, 0.29) is 17.5 Å². The van der Waals surface area contributed by atoms with Crippen LogP contribution < -0.4 is 10.1 Å². The molecule has 0 saturated heterocycles. The SMILES string of the molecule is COc1ccc([C@@H]2C3=C(C[C@@H](c4ccccc4)CC3=O)Nc3ncnn32)cc1O. The number of anilines is 1. The summed E-state index contributed by atoms with van der Waals surface area (Å²) in [7, 11) is 1.50. The molecule has 2 N–H and O–H groups in total. The van der Waals surface area contributed by atoms with Gasteiger partial charge in [-0.05, 0) is 35.6 Å². The molecule has 0 amide bonds. The van der Waals surface area contributed by atoms with E-state index in [1.54, 1.807) is 16.8 Å². The molecule has 2 aliphatic rings. The first-order valence-corrected chi connectivity index (χ1v) is 9.50. The van der Waals surface area contributed by atoms with Crippen molar-refractivity contribution in [2.24, 2.45) is 0 Å². The number of methoxy groups -OCH3 is 1. The highest BCUT2D eigenvalue weighted by Gasteiger charge is 2.39. The van der Waals surface area contributed by atoms with Gasteiger partial charge in [0.05, 0.1) is 7.11 Å². The average Bonchev–Trinajstić information content (AvgIpc) is 3.21. The maximum atomic E-state index is 13.3. The van der Waals surface area contributed by atoms with Gasteiger partial charge in [0, 0.05) is 17.7 Å². The van der Waals surface area contributed by atoms with Crippen LogP contribution in [0.5, 0.6) is 11.5 Å². The van der Waals surface area contributed by atoms with Gasteiger partial charge in [-0.2, -0.15) is 10.1 Å². The maximum absolute atomic E-state index is 13.3. The van der Waals surface area contributed by atoms with Crippen molar-refractivity contribution < 1.29 is 14.6 Å². The molecule has 7 nitrogen and oxygen atoms in total. The second-order valence-electron chi connectivity index (χ2n) is 7.32. The number of hydrogen-bond acceptors (Lipinski definition) is 6. The van der Waals surface area contributed by atoms with Crippen molar-refractivity contribution in [1.82, 2.24) is 14.8 Å². The molecule has 1 aromatic heterocycles. The Morgan fingerprint density at radius 1 is 1.14 bits per heavy atom. The quantitative estimate of drug-likeness (QED) is 0.715. The zero-order chi connectivity index (χ0) is 20.0. The highest BCUT2D eigenvalue weighted by Crippen LogP contribution is 2.44. The number of phenolic OH excluding ortho intramolecular Hbond substituents is 1. The second-order valence-corrected chi connectivity index (χ2v) is 7.32. The van der Waals surface area contributed by atoms with Crippen LogP contribution in [-0.2, 0) is 4.79 Å². The topological polar surface area (TPSA) is 89.3 Å². The molecule has 0 radical (unpaired) electrons. The van der Waals surface area contributed by atoms with Crippen molar-refractivity contribution in [3.63, 3.8) is 0 Å². The fourth-order valence-electron chi connectivity index (χ4n) is 4.30. The Kier molecular flexibility index (Phi) is 4.08. The summed E-state index contributed by atoms with van der Waals surface area (Å²) in [6, 6.07) is 14.8. The molecule has 0 spiro atoms. The van der Waals surface area contributed by atoms with E-state index in [4.69, 9.17) is 4.74 Å². The maximum Gasteiger partial charge on any atom is 0.226 e. The fraction of sp³-hybridized carbons (Fsp3) is 0.227. The van der Waals surface area contributed by atoms with Gasteiger partial charge in [-0.1, -0.05) is 36.4 Å². The molecule has 0 saturated carbocycles. The Morgan fingerprint density at radius 3 is 2.72 bits per heavy atom. The van der Waals surface area contributed by atoms with Crippen molar-refractivity contribution in [3.8, 4) is 11.5 Å². The Bertz CT molecular complexity index is 1120. The van der Waals surface area contributed by atoms with E-state index in [9.17, 15) is 9.90 Å². The minimum atomic E-state index is -0.440. The fourth-order valence-corrected chi connectivity index (χ4v) is 4.30.